The third-order valence-corrected chi connectivity index (χ3v) is 3.67. The Morgan fingerprint density at radius 2 is 1.77 bits per heavy atom. The van der Waals surface area contributed by atoms with Gasteiger partial charge < -0.3 is 15.3 Å². The summed E-state index contributed by atoms with van der Waals surface area (Å²) in [5.41, 5.74) is 1.11. The van der Waals surface area contributed by atoms with E-state index < -0.39 is 11.9 Å². The Morgan fingerprint density at radius 3 is 2.32 bits per heavy atom. The van der Waals surface area contributed by atoms with E-state index in [2.05, 4.69) is 5.32 Å². The second kappa shape index (κ2) is 6.72. The molecule has 1 aliphatic rings. The van der Waals surface area contributed by atoms with Gasteiger partial charge in [-0.2, -0.15) is 0 Å². The number of nitrogens with zero attached hydrogens (tertiary/aromatic N) is 1. The fraction of sp³-hybridized carbons (Fsp3) is 0.467. The fourth-order valence-electron chi connectivity index (χ4n) is 2.28. The average Bonchev–Trinajstić information content (AvgIpc) is 2.47. The van der Waals surface area contributed by atoms with Gasteiger partial charge in [-0.15, -0.1) is 0 Å². The van der Waals surface area contributed by atoms with Crippen LogP contribution >= 0.6 is 0 Å². The van der Waals surface area contributed by atoms with Crippen LogP contribution in [0.15, 0.2) is 24.3 Å². The number of urea groups is 1. The summed E-state index contributed by atoms with van der Waals surface area (Å²) in [5, 5.41) is 11.5. The van der Waals surface area contributed by atoms with Crippen molar-refractivity contribution in [1.82, 2.24) is 10.2 Å². The zero-order chi connectivity index (χ0) is 16.2. The van der Waals surface area contributed by atoms with Gasteiger partial charge in [-0.25, -0.2) is 18.4 Å². The van der Waals surface area contributed by atoms with E-state index >= 15 is 0 Å². The second-order valence-electron chi connectivity index (χ2n) is 5.33. The number of amides is 2. The van der Waals surface area contributed by atoms with Crippen LogP contribution in [-0.4, -0.2) is 47.6 Å². The summed E-state index contributed by atoms with van der Waals surface area (Å²) in [6.45, 7) is 0.496. The minimum absolute atomic E-state index is 0.0616. The van der Waals surface area contributed by atoms with Crippen molar-refractivity contribution in [2.45, 2.75) is 25.2 Å². The van der Waals surface area contributed by atoms with Gasteiger partial charge in [0.1, 0.15) is 0 Å². The number of benzene rings is 1. The number of hydrogen-bond acceptors (Lipinski definition) is 2. The first-order valence-corrected chi connectivity index (χ1v) is 7.10. The van der Waals surface area contributed by atoms with Gasteiger partial charge in [-0.3, -0.25) is 0 Å². The summed E-state index contributed by atoms with van der Waals surface area (Å²) in [4.78, 5) is 23.9. The van der Waals surface area contributed by atoms with Crippen LogP contribution in [0.1, 0.15) is 28.8 Å². The lowest BCUT2D eigenvalue weighted by Gasteiger charge is -2.31. The van der Waals surface area contributed by atoms with Crippen LogP contribution in [0.25, 0.3) is 0 Å². The molecular weight excluding hydrogens is 294 g/mol. The Bertz CT molecular complexity index is 536. The van der Waals surface area contributed by atoms with E-state index in [4.69, 9.17) is 5.11 Å². The van der Waals surface area contributed by atoms with Crippen LogP contribution in [0.5, 0.6) is 0 Å². The maximum atomic E-state index is 13.0. The molecular formula is C15H18F2N2O3. The van der Waals surface area contributed by atoms with Gasteiger partial charge in [0.15, 0.2) is 0 Å². The average molecular weight is 312 g/mol. The smallest absolute Gasteiger partial charge is 0.335 e. The van der Waals surface area contributed by atoms with E-state index in [0.29, 0.717) is 13.0 Å². The molecule has 22 heavy (non-hydrogen) atoms. The molecule has 1 saturated heterocycles. The van der Waals surface area contributed by atoms with Gasteiger partial charge >= 0.3 is 12.0 Å². The maximum absolute atomic E-state index is 13.0. The molecule has 0 spiro atoms. The minimum atomic E-state index is -2.66. The van der Waals surface area contributed by atoms with Crippen LogP contribution in [0.3, 0.4) is 0 Å². The Kier molecular flexibility index (Phi) is 4.95. The van der Waals surface area contributed by atoms with Crippen molar-refractivity contribution < 1.29 is 23.5 Å². The Balaban J connectivity index is 1.74. The number of hydrogen-bond donors (Lipinski definition) is 2. The molecule has 7 heteroatoms. The summed E-state index contributed by atoms with van der Waals surface area (Å²) in [7, 11) is 0. The summed E-state index contributed by atoms with van der Waals surface area (Å²) in [5.74, 6) is -3.65. The monoisotopic (exact) mass is 312 g/mol. The van der Waals surface area contributed by atoms with Gasteiger partial charge in [0, 0.05) is 32.5 Å². The molecule has 0 saturated carbocycles. The zero-order valence-electron chi connectivity index (χ0n) is 12.0. The largest absolute Gasteiger partial charge is 0.478 e. The second-order valence-corrected chi connectivity index (χ2v) is 5.33. The molecule has 2 amide bonds. The highest BCUT2D eigenvalue weighted by atomic mass is 19.3. The number of alkyl halides is 2. The molecule has 0 atom stereocenters. The van der Waals surface area contributed by atoms with Crippen molar-refractivity contribution in [3.63, 3.8) is 0 Å². The number of carbonyl (C=O) groups is 2. The summed E-state index contributed by atoms with van der Waals surface area (Å²) in [6.07, 6.45) is -0.0379. The van der Waals surface area contributed by atoms with E-state index in [1.807, 2.05) is 0 Å². The lowest BCUT2D eigenvalue weighted by atomic mass is 10.1. The SMILES string of the molecule is O=C(O)c1ccc(CCNC(=O)N2CCC(F)(F)CC2)cc1. The van der Waals surface area contributed by atoms with Crippen molar-refractivity contribution in [1.29, 1.82) is 0 Å². The number of aromatic carboxylic acids is 1. The molecule has 1 heterocycles. The van der Waals surface area contributed by atoms with Crippen LogP contribution in [0, 0.1) is 0 Å². The highest BCUT2D eigenvalue weighted by Crippen LogP contribution is 2.27. The molecule has 0 bridgehead atoms. The fourth-order valence-corrected chi connectivity index (χ4v) is 2.28. The minimum Gasteiger partial charge on any atom is -0.478 e. The first-order chi connectivity index (χ1) is 10.4. The Hall–Kier alpha value is -2.18. The first-order valence-electron chi connectivity index (χ1n) is 7.10. The summed E-state index contributed by atoms with van der Waals surface area (Å²) in [6, 6.07) is 6.06. The normalized spacial score (nSPS) is 17.1. The lowest BCUT2D eigenvalue weighted by molar-refractivity contribution is -0.0469. The molecule has 0 aliphatic carbocycles. The van der Waals surface area contributed by atoms with E-state index in [1.165, 1.54) is 17.0 Å². The third kappa shape index (κ3) is 4.41. The van der Waals surface area contributed by atoms with Gasteiger partial charge in [0.05, 0.1) is 5.56 Å². The van der Waals surface area contributed by atoms with Gasteiger partial charge in [-0.05, 0) is 24.1 Å². The van der Waals surface area contributed by atoms with Crippen molar-refractivity contribution in [3.05, 3.63) is 35.4 Å². The summed E-state index contributed by atoms with van der Waals surface area (Å²) < 4.78 is 26.0. The quantitative estimate of drug-likeness (QED) is 0.897. The van der Waals surface area contributed by atoms with E-state index in [1.54, 1.807) is 12.1 Å². The number of rotatable bonds is 4. The number of halogens is 2. The van der Waals surface area contributed by atoms with E-state index in [0.717, 1.165) is 5.56 Å². The molecule has 0 radical (unpaired) electrons. The number of nitrogens with one attached hydrogen (secondary N) is 1. The van der Waals surface area contributed by atoms with Crippen molar-refractivity contribution in [2.75, 3.05) is 19.6 Å². The van der Waals surface area contributed by atoms with Gasteiger partial charge in [0.25, 0.3) is 5.92 Å². The Morgan fingerprint density at radius 1 is 1.18 bits per heavy atom. The number of carboxylic acids is 1. The van der Waals surface area contributed by atoms with Gasteiger partial charge in [0.2, 0.25) is 0 Å². The van der Waals surface area contributed by atoms with Crippen molar-refractivity contribution in [3.8, 4) is 0 Å². The molecule has 1 aromatic carbocycles. The molecule has 0 unspecified atom stereocenters. The first kappa shape index (κ1) is 16.2. The molecule has 1 aliphatic heterocycles. The molecule has 1 fully saturated rings. The number of likely N-dealkylation sites (tertiary alicyclic amines) is 1. The van der Waals surface area contributed by atoms with Gasteiger partial charge in [-0.1, -0.05) is 12.1 Å². The lowest BCUT2D eigenvalue weighted by Crippen LogP contribution is -2.47. The third-order valence-electron chi connectivity index (χ3n) is 3.67. The van der Waals surface area contributed by atoms with E-state index in [-0.39, 0.29) is 37.5 Å². The molecule has 5 nitrogen and oxygen atoms in total. The highest BCUT2D eigenvalue weighted by Gasteiger charge is 2.35. The zero-order valence-corrected chi connectivity index (χ0v) is 12.0. The van der Waals surface area contributed by atoms with Crippen molar-refractivity contribution >= 4 is 12.0 Å². The summed E-state index contributed by atoms with van der Waals surface area (Å²) >= 11 is 0. The van der Waals surface area contributed by atoms with Crippen LogP contribution in [0.4, 0.5) is 13.6 Å². The predicted molar refractivity (Wildman–Crippen MR) is 76.3 cm³/mol. The highest BCUT2D eigenvalue weighted by molar-refractivity contribution is 5.87. The standard InChI is InChI=1S/C15H18F2N2O3/c16-15(17)6-9-19(10-7-15)14(22)18-8-5-11-1-3-12(4-2-11)13(20)21/h1-4H,5-10H2,(H,18,22)(H,20,21). The molecule has 2 N–H and O–H groups in total. The number of carbonyl (C=O) groups excluding carboxylic acids is 1. The van der Waals surface area contributed by atoms with Crippen LogP contribution < -0.4 is 5.32 Å². The number of carboxylic acid groups (broad SMARTS) is 1. The topological polar surface area (TPSA) is 69.6 Å². The van der Waals surface area contributed by atoms with Crippen LogP contribution in [-0.2, 0) is 6.42 Å². The van der Waals surface area contributed by atoms with Crippen LogP contribution in [0.2, 0.25) is 0 Å². The molecule has 0 aromatic heterocycles. The van der Waals surface area contributed by atoms with E-state index in [9.17, 15) is 18.4 Å². The molecule has 1 aromatic rings. The predicted octanol–water partition coefficient (Wildman–Crippen LogP) is 2.37. The molecule has 120 valence electrons. The maximum Gasteiger partial charge on any atom is 0.335 e. The van der Waals surface area contributed by atoms with Crippen molar-refractivity contribution in [2.24, 2.45) is 0 Å². The Labute approximate surface area is 126 Å². The number of piperidine rings is 1. The molecule has 2 rings (SSSR count).